The molecule has 1 amide bonds. The summed E-state index contributed by atoms with van der Waals surface area (Å²) in [7, 11) is 0. The van der Waals surface area contributed by atoms with Gasteiger partial charge in [-0.05, 0) is 34.1 Å². The van der Waals surface area contributed by atoms with Crippen LogP contribution in [0.15, 0.2) is 48.5 Å². The Morgan fingerprint density at radius 3 is 2.11 bits per heavy atom. The molecule has 5 heteroatoms. The highest BCUT2D eigenvalue weighted by Gasteiger charge is 2.42. The molecule has 28 heavy (non-hydrogen) atoms. The van der Waals surface area contributed by atoms with Gasteiger partial charge in [0.15, 0.2) is 0 Å². The minimum Gasteiger partial charge on any atom is -0.481 e. The summed E-state index contributed by atoms with van der Waals surface area (Å²) in [5, 5.41) is 9.47. The number of amides is 1. The molecule has 1 aliphatic heterocycles. The van der Waals surface area contributed by atoms with Crippen molar-refractivity contribution in [1.29, 1.82) is 0 Å². The molecule has 0 spiro atoms. The second-order valence-corrected chi connectivity index (χ2v) is 8.06. The molecule has 1 fully saturated rings. The Labute approximate surface area is 164 Å². The molecule has 146 valence electrons. The van der Waals surface area contributed by atoms with Gasteiger partial charge in [-0.15, -0.1) is 0 Å². The van der Waals surface area contributed by atoms with E-state index < -0.39 is 18.0 Å². The van der Waals surface area contributed by atoms with Gasteiger partial charge in [-0.1, -0.05) is 62.4 Å². The summed E-state index contributed by atoms with van der Waals surface area (Å²) >= 11 is 0. The number of carbonyl (C=O) groups excluding carboxylic acids is 1. The highest BCUT2D eigenvalue weighted by Crippen LogP contribution is 2.44. The molecule has 0 bridgehead atoms. The molecule has 2 unspecified atom stereocenters. The number of benzene rings is 2. The molecule has 1 N–H and O–H groups in total. The van der Waals surface area contributed by atoms with Crippen molar-refractivity contribution in [2.45, 2.75) is 19.8 Å². The first-order valence-electron chi connectivity index (χ1n) is 9.80. The first-order chi connectivity index (χ1) is 13.5. The molecular formula is C23H25NO4. The Morgan fingerprint density at radius 1 is 1.04 bits per heavy atom. The number of rotatable bonds is 4. The second kappa shape index (κ2) is 7.30. The van der Waals surface area contributed by atoms with Crippen molar-refractivity contribution in [3.8, 4) is 11.1 Å². The van der Waals surface area contributed by atoms with Crippen LogP contribution in [0.5, 0.6) is 0 Å². The van der Waals surface area contributed by atoms with E-state index in [4.69, 9.17) is 4.74 Å². The summed E-state index contributed by atoms with van der Waals surface area (Å²) in [5.74, 6) is -1.20. The van der Waals surface area contributed by atoms with Crippen LogP contribution in [0.2, 0.25) is 0 Å². The van der Waals surface area contributed by atoms with Crippen LogP contribution in [0, 0.1) is 17.8 Å². The van der Waals surface area contributed by atoms with E-state index in [0.717, 1.165) is 0 Å². The lowest BCUT2D eigenvalue weighted by Crippen LogP contribution is -2.31. The van der Waals surface area contributed by atoms with E-state index in [2.05, 4.69) is 24.3 Å². The van der Waals surface area contributed by atoms with Gasteiger partial charge < -0.3 is 14.7 Å². The predicted octanol–water partition coefficient (Wildman–Crippen LogP) is 4.22. The van der Waals surface area contributed by atoms with E-state index in [1.807, 2.05) is 38.1 Å². The minimum absolute atomic E-state index is 0.00937. The zero-order valence-corrected chi connectivity index (χ0v) is 16.2. The highest BCUT2D eigenvalue weighted by molar-refractivity contribution is 5.79. The molecule has 2 aromatic carbocycles. The number of carboxylic acids is 1. The monoisotopic (exact) mass is 379 g/mol. The number of ether oxygens (including phenoxy) is 1. The van der Waals surface area contributed by atoms with Crippen molar-refractivity contribution < 1.29 is 19.4 Å². The largest absolute Gasteiger partial charge is 0.481 e. The summed E-state index contributed by atoms with van der Waals surface area (Å²) in [4.78, 5) is 25.8. The van der Waals surface area contributed by atoms with Gasteiger partial charge in [0.2, 0.25) is 0 Å². The molecule has 2 atom stereocenters. The lowest BCUT2D eigenvalue weighted by Gasteiger charge is -2.20. The summed E-state index contributed by atoms with van der Waals surface area (Å²) in [6, 6.07) is 16.4. The number of likely N-dealkylation sites (tertiary alicyclic amines) is 1. The maximum absolute atomic E-state index is 12.7. The van der Waals surface area contributed by atoms with E-state index in [0.29, 0.717) is 6.54 Å². The molecule has 4 rings (SSSR count). The number of hydrogen-bond acceptors (Lipinski definition) is 3. The standard InChI is InChI=1S/C23H25NO4/c1-14(2)19-11-24(12-20(19)22(25)26)23(27)28-13-21-17-9-5-3-7-15(17)16-8-4-6-10-18(16)21/h3-10,14,19-21H,11-13H2,1-2H3,(H,25,26). The average Bonchev–Trinajstić information content (AvgIpc) is 3.27. The second-order valence-electron chi connectivity index (χ2n) is 8.06. The minimum atomic E-state index is -0.840. The Morgan fingerprint density at radius 2 is 1.61 bits per heavy atom. The van der Waals surface area contributed by atoms with Gasteiger partial charge in [-0.2, -0.15) is 0 Å². The Kier molecular flexibility index (Phi) is 4.84. The Hall–Kier alpha value is -2.82. The van der Waals surface area contributed by atoms with Crippen molar-refractivity contribution in [3.63, 3.8) is 0 Å². The smallest absolute Gasteiger partial charge is 0.409 e. The van der Waals surface area contributed by atoms with Crippen LogP contribution in [0.1, 0.15) is 30.9 Å². The van der Waals surface area contributed by atoms with E-state index in [-0.39, 0.29) is 30.9 Å². The molecule has 1 aliphatic carbocycles. The predicted molar refractivity (Wildman–Crippen MR) is 106 cm³/mol. The van der Waals surface area contributed by atoms with Crippen LogP contribution in [-0.4, -0.2) is 41.8 Å². The van der Waals surface area contributed by atoms with Gasteiger partial charge in [0.05, 0.1) is 5.92 Å². The Balaban J connectivity index is 1.48. The molecule has 0 saturated carbocycles. The number of nitrogens with zero attached hydrogens (tertiary/aromatic N) is 1. The summed E-state index contributed by atoms with van der Waals surface area (Å²) < 4.78 is 5.67. The van der Waals surface area contributed by atoms with Crippen LogP contribution in [0.25, 0.3) is 11.1 Å². The molecule has 0 aromatic heterocycles. The fourth-order valence-corrected chi connectivity index (χ4v) is 4.60. The SMILES string of the molecule is CC(C)C1CN(C(=O)OCC2c3ccccc3-c3ccccc32)CC1C(=O)O. The van der Waals surface area contributed by atoms with Crippen LogP contribution < -0.4 is 0 Å². The van der Waals surface area contributed by atoms with Gasteiger partial charge in [-0.25, -0.2) is 4.79 Å². The first-order valence-corrected chi connectivity index (χ1v) is 9.80. The summed E-state index contributed by atoms with van der Waals surface area (Å²) in [6.07, 6.45) is -0.420. The van der Waals surface area contributed by atoms with Crippen LogP contribution in [0.3, 0.4) is 0 Å². The summed E-state index contributed by atoms with van der Waals surface area (Å²) in [6.45, 7) is 4.91. The van der Waals surface area contributed by atoms with Crippen LogP contribution >= 0.6 is 0 Å². The molecule has 1 saturated heterocycles. The van der Waals surface area contributed by atoms with Gasteiger partial charge in [-0.3, -0.25) is 4.79 Å². The molecule has 1 heterocycles. The Bertz CT molecular complexity index is 861. The molecule has 2 aromatic rings. The maximum atomic E-state index is 12.7. The van der Waals surface area contributed by atoms with Crippen LogP contribution in [0.4, 0.5) is 4.79 Å². The van der Waals surface area contributed by atoms with Gasteiger partial charge in [0.25, 0.3) is 0 Å². The van der Waals surface area contributed by atoms with E-state index in [1.165, 1.54) is 22.3 Å². The van der Waals surface area contributed by atoms with E-state index in [1.54, 1.807) is 4.90 Å². The zero-order valence-electron chi connectivity index (χ0n) is 16.2. The number of hydrogen-bond donors (Lipinski definition) is 1. The molecule has 5 nitrogen and oxygen atoms in total. The van der Waals surface area contributed by atoms with Crippen molar-refractivity contribution in [2.75, 3.05) is 19.7 Å². The lowest BCUT2D eigenvalue weighted by atomic mass is 9.86. The number of carbonyl (C=O) groups is 2. The van der Waals surface area contributed by atoms with E-state index >= 15 is 0 Å². The number of carboxylic acid groups (broad SMARTS) is 1. The normalized spacial score (nSPS) is 20.9. The van der Waals surface area contributed by atoms with Crippen molar-refractivity contribution in [1.82, 2.24) is 4.90 Å². The number of aliphatic carboxylic acids is 1. The third-order valence-electron chi connectivity index (χ3n) is 6.13. The fraction of sp³-hybridized carbons (Fsp3) is 0.391. The highest BCUT2D eigenvalue weighted by atomic mass is 16.6. The van der Waals surface area contributed by atoms with Gasteiger partial charge in [0, 0.05) is 19.0 Å². The van der Waals surface area contributed by atoms with Crippen LogP contribution in [-0.2, 0) is 9.53 Å². The third kappa shape index (κ3) is 3.15. The van der Waals surface area contributed by atoms with Crippen molar-refractivity contribution in [3.05, 3.63) is 59.7 Å². The fourth-order valence-electron chi connectivity index (χ4n) is 4.60. The number of fused-ring (bicyclic) bond motifs is 3. The lowest BCUT2D eigenvalue weighted by molar-refractivity contribution is -0.142. The van der Waals surface area contributed by atoms with Crippen molar-refractivity contribution >= 4 is 12.1 Å². The van der Waals surface area contributed by atoms with E-state index in [9.17, 15) is 14.7 Å². The quantitative estimate of drug-likeness (QED) is 0.864. The molecule has 0 radical (unpaired) electrons. The summed E-state index contributed by atoms with van der Waals surface area (Å²) in [5.41, 5.74) is 4.71. The third-order valence-corrected chi connectivity index (χ3v) is 6.13. The zero-order chi connectivity index (χ0) is 19.8. The topological polar surface area (TPSA) is 66.8 Å². The average molecular weight is 379 g/mol. The van der Waals surface area contributed by atoms with Crippen molar-refractivity contribution in [2.24, 2.45) is 17.8 Å². The first kappa shape index (κ1) is 18.5. The molecule has 2 aliphatic rings. The maximum Gasteiger partial charge on any atom is 0.409 e. The van der Waals surface area contributed by atoms with Gasteiger partial charge in [0.1, 0.15) is 6.61 Å². The van der Waals surface area contributed by atoms with Gasteiger partial charge >= 0.3 is 12.1 Å². The molecular weight excluding hydrogens is 354 g/mol.